The van der Waals surface area contributed by atoms with Gasteiger partial charge in [0.1, 0.15) is 11.6 Å². The number of aliphatic imine (C=N–C) groups is 1. The van der Waals surface area contributed by atoms with Crippen molar-refractivity contribution < 1.29 is 8.78 Å². The molecule has 0 saturated carbocycles. The smallest absolute Gasteiger partial charge is 0.193 e. The Morgan fingerprint density at radius 3 is 2.68 bits per heavy atom. The summed E-state index contributed by atoms with van der Waals surface area (Å²) in [6, 6.07) is 3.51. The maximum atomic E-state index is 13.7. The number of guanidine groups is 1. The van der Waals surface area contributed by atoms with Crippen molar-refractivity contribution in [3.8, 4) is 0 Å². The van der Waals surface area contributed by atoms with E-state index in [9.17, 15) is 8.78 Å². The van der Waals surface area contributed by atoms with Gasteiger partial charge in [-0.2, -0.15) is 0 Å². The molecule has 1 aromatic rings. The molecule has 0 bridgehead atoms. The van der Waals surface area contributed by atoms with Crippen LogP contribution in [0.15, 0.2) is 23.2 Å². The second-order valence-corrected chi connectivity index (χ2v) is 6.22. The average molecular weight is 466 g/mol. The number of nitrogens with zero attached hydrogens (tertiary/aromatic N) is 3. The molecule has 0 spiro atoms. The van der Waals surface area contributed by atoms with Crippen LogP contribution in [0.2, 0.25) is 0 Å². The van der Waals surface area contributed by atoms with Crippen LogP contribution in [0.25, 0.3) is 0 Å². The highest BCUT2D eigenvalue weighted by molar-refractivity contribution is 14.0. The average Bonchev–Trinajstić information content (AvgIpc) is 3.04. The number of likely N-dealkylation sites (tertiary alicyclic amines) is 1. The summed E-state index contributed by atoms with van der Waals surface area (Å²) < 4.78 is 27.0. The van der Waals surface area contributed by atoms with Crippen LogP contribution in [0.3, 0.4) is 0 Å². The standard InChI is InChI=1S/C18H28F2N4.HI/c1-4-23(5-2)12-14-8-9-24(13-14)18(21-3)22-11-15-10-16(19)6-7-17(15)20;/h6-7,10,14H,4-5,8-9,11-13H2,1-3H3,(H,21,22);1H. The Morgan fingerprint density at radius 1 is 1.32 bits per heavy atom. The first kappa shape index (κ1) is 22.1. The zero-order valence-corrected chi connectivity index (χ0v) is 17.6. The minimum atomic E-state index is -0.427. The molecule has 142 valence electrons. The van der Waals surface area contributed by atoms with Crippen molar-refractivity contribution in [1.29, 1.82) is 0 Å². The van der Waals surface area contributed by atoms with Crippen LogP contribution in [-0.4, -0.2) is 55.5 Å². The third kappa shape index (κ3) is 6.36. The molecule has 1 aliphatic heterocycles. The van der Waals surface area contributed by atoms with Gasteiger partial charge < -0.3 is 15.1 Å². The summed E-state index contributed by atoms with van der Waals surface area (Å²) in [4.78, 5) is 8.93. The van der Waals surface area contributed by atoms with Crippen LogP contribution in [0, 0.1) is 17.6 Å². The highest BCUT2D eigenvalue weighted by Crippen LogP contribution is 2.18. The molecule has 4 nitrogen and oxygen atoms in total. The predicted octanol–water partition coefficient (Wildman–Crippen LogP) is 3.32. The maximum Gasteiger partial charge on any atom is 0.193 e. The molecule has 1 heterocycles. The molecule has 1 aliphatic rings. The quantitative estimate of drug-likeness (QED) is 0.397. The van der Waals surface area contributed by atoms with Crippen LogP contribution in [0.1, 0.15) is 25.8 Å². The van der Waals surface area contributed by atoms with Crippen LogP contribution >= 0.6 is 24.0 Å². The Bertz CT molecular complexity index is 564. The lowest BCUT2D eigenvalue weighted by molar-refractivity contribution is 0.255. The van der Waals surface area contributed by atoms with Crippen LogP contribution in [-0.2, 0) is 6.54 Å². The summed E-state index contributed by atoms with van der Waals surface area (Å²) in [5, 5.41) is 3.15. The van der Waals surface area contributed by atoms with Crippen molar-refractivity contribution in [2.45, 2.75) is 26.8 Å². The number of halogens is 3. The molecule has 1 unspecified atom stereocenters. The van der Waals surface area contributed by atoms with Crippen LogP contribution < -0.4 is 5.32 Å². The molecule has 1 atom stereocenters. The Labute approximate surface area is 166 Å². The van der Waals surface area contributed by atoms with E-state index in [4.69, 9.17) is 0 Å². The topological polar surface area (TPSA) is 30.9 Å². The van der Waals surface area contributed by atoms with E-state index in [1.54, 1.807) is 7.05 Å². The van der Waals surface area contributed by atoms with Gasteiger partial charge >= 0.3 is 0 Å². The summed E-state index contributed by atoms with van der Waals surface area (Å²) in [6.07, 6.45) is 1.13. The minimum absolute atomic E-state index is 0. The molecule has 0 radical (unpaired) electrons. The molecule has 2 rings (SSSR count). The summed E-state index contributed by atoms with van der Waals surface area (Å²) in [5.74, 6) is 0.541. The normalized spacial score (nSPS) is 17.8. The Hall–Kier alpha value is -0.960. The van der Waals surface area contributed by atoms with E-state index >= 15 is 0 Å². The fraction of sp³-hybridized carbons (Fsp3) is 0.611. The zero-order chi connectivity index (χ0) is 17.5. The van der Waals surface area contributed by atoms with E-state index in [-0.39, 0.29) is 30.5 Å². The van der Waals surface area contributed by atoms with Gasteiger partial charge in [-0.1, -0.05) is 13.8 Å². The van der Waals surface area contributed by atoms with E-state index in [2.05, 4.69) is 34.0 Å². The van der Waals surface area contributed by atoms with Crippen molar-refractivity contribution in [3.63, 3.8) is 0 Å². The summed E-state index contributed by atoms with van der Waals surface area (Å²) in [5.41, 5.74) is 0.315. The summed E-state index contributed by atoms with van der Waals surface area (Å²) in [7, 11) is 1.72. The van der Waals surface area contributed by atoms with Crippen molar-refractivity contribution in [3.05, 3.63) is 35.4 Å². The van der Waals surface area contributed by atoms with Crippen molar-refractivity contribution >= 4 is 29.9 Å². The van der Waals surface area contributed by atoms with Gasteiger partial charge in [0, 0.05) is 38.8 Å². The SMILES string of the molecule is CCN(CC)CC1CCN(C(=NC)NCc2cc(F)ccc2F)C1.I. The number of rotatable bonds is 6. The van der Waals surface area contributed by atoms with E-state index in [0.717, 1.165) is 57.2 Å². The maximum absolute atomic E-state index is 13.7. The molecule has 1 aromatic carbocycles. The van der Waals surface area contributed by atoms with E-state index in [1.807, 2.05) is 0 Å². The molecular formula is C18H29F2IN4. The predicted molar refractivity (Wildman–Crippen MR) is 109 cm³/mol. The minimum Gasteiger partial charge on any atom is -0.352 e. The monoisotopic (exact) mass is 466 g/mol. The summed E-state index contributed by atoms with van der Waals surface area (Å²) >= 11 is 0. The number of hydrogen-bond donors (Lipinski definition) is 1. The van der Waals surface area contributed by atoms with Crippen LogP contribution in [0.4, 0.5) is 8.78 Å². The van der Waals surface area contributed by atoms with Crippen molar-refractivity contribution in [1.82, 2.24) is 15.1 Å². The molecule has 25 heavy (non-hydrogen) atoms. The Kier molecular flexibility index (Phi) is 9.63. The molecule has 0 aliphatic carbocycles. The van der Waals surface area contributed by atoms with Gasteiger partial charge in [0.2, 0.25) is 0 Å². The third-order valence-corrected chi connectivity index (χ3v) is 4.65. The van der Waals surface area contributed by atoms with Gasteiger partial charge in [-0.05, 0) is 43.6 Å². The molecule has 7 heteroatoms. The van der Waals surface area contributed by atoms with E-state index < -0.39 is 11.6 Å². The van der Waals surface area contributed by atoms with Gasteiger partial charge in [-0.15, -0.1) is 24.0 Å². The zero-order valence-electron chi connectivity index (χ0n) is 15.3. The lowest BCUT2D eigenvalue weighted by atomic mass is 10.1. The van der Waals surface area contributed by atoms with Gasteiger partial charge in [-0.25, -0.2) is 8.78 Å². The third-order valence-electron chi connectivity index (χ3n) is 4.65. The molecule has 1 N–H and O–H groups in total. The van der Waals surface area contributed by atoms with Gasteiger partial charge in [0.15, 0.2) is 5.96 Å². The largest absolute Gasteiger partial charge is 0.352 e. The molecule has 1 saturated heterocycles. The number of nitrogens with one attached hydrogen (secondary N) is 1. The highest BCUT2D eigenvalue weighted by atomic mass is 127. The van der Waals surface area contributed by atoms with Crippen molar-refractivity contribution in [2.75, 3.05) is 39.8 Å². The first-order valence-corrected chi connectivity index (χ1v) is 8.69. The van der Waals surface area contributed by atoms with E-state index in [1.165, 1.54) is 6.07 Å². The second kappa shape index (κ2) is 10.9. The first-order chi connectivity index (χ1) is 11.6. The fourth-order valence-corrected chi connectivity index (χ4v) is 3.21. The molecule has 0 amide bonds. The van der Waals surface area contributed by atoms with Crippen molar-refractivity contribution in [2.24, 2.45) is 10.9 Å². The molecule has 0 aromatic heterocycles. The lowest BCUT2D eigenvalue weighted by Crippen LogP contribution is -2.40. The fourth-order valence-electron chi connectivity index (χ4n) is 3.21. The van der Waals surface area contributed by atoms with Gasteiger partial charge in [0.25, 0.3) is 0 Å². The lowest BCUT2D eigenvalue weighted by Gasteiger charge is -2.24. The van der Waals surface area contributed by atoms with E-state index in [0.29, 0.717) is 11.5 Å². The molecular weight excluding hydrogens is 437 g/mol. The number of hydrogen-bond acceptors (Lipinski definition) is 2. The van der Waals surface area contributed by atoms with Gasteiger partial charge in [0.05, 0.1) is 0 Å². The highest BCUT2D eigenvalue weighted by Gasteiger charge is 2.25. The number of benzene rings is 1. The van der Waals surface area contributed by atoms with Crippen LogP contribution in [0.5, 0.6) is 0 Å². The first-order valence-electron chi connectivity index (χ1n) is 8.69. The second-order valence-electron chi connectivity index (χ2n) is 6.22. The Morgan fingerprint density at radius 2 is 2.04 bits per heavy atom. The molecule has 1 fully saturated rings. The van der Waals surface area contributed by atoms with Gasteiger partial charge in [-0.3, -0.25) is 4.99 Å². The Balaban J connectivity index is 0.00000312. The summed E-state index contributed by atoms with van der Waals surface area (Å²) in [6.45, 7) is 9.72.